The molecule has 1 aliphatic rings. The molecule has 1 N–H and O–H groups in total. The number of thiazole rings is 1. The van der Waals surface area contributed by atoms with E-state index in [9.17, 15) is 9.59 Å². The number of nitrogens with zero attached hydrogens (tertiary/aromatic N) is 2. The molecule has 6 heteroatoms. The summed E-state index contributed by atoms with van der Waals surface area (Å²) in [5.41, 5.74) is 5.09. The van der Waals surface area contributed by atoms with Gasteiger partial charge in [0.2, 0.25) is 11.8 Å². The molecule has 1 aromatic carbocycles. The lowest BCUT2D eigenvalue weighted by Gasteiger charge is -2.24. The fraction of sp³-hybridized carbons (Fsp3) is 0.476. The normalized spacial score (nSPS) is 16.5. The molecule has 5 nitrogen and oxygen atoms in total. The van der Waals surface area contributed by atoms with Crippen molar-refractivity contribution in [3.8, 4) is 10.4 Å². The third-order valence-corrected chi connectivity index (χ3v) is 6.03. The van der Waals surface area contributed by atoms with Gasteiger partial charge in [0, 0.05) is 19.5 Å². The van der Waals surface area contributed by atoms with Crippen LogP contribution in [0.3, 0.4) is 0 Å². The highest BCUT2D eigenvalue weighted by Crippen LogP contribution is 2.27. The van der Waals surface area contributed by atoms with E-state index in [1.807, 2.05) is 24.6 Å². The smallest absolute Gasteiger partial charge is 0.243 e. The van der Waals surface area contributed by atoms with E-state index in [1.165, 1.54) is 4.88 Å². The number of carbonyl (C=O) groups excluding carboxylic acids is 2. The number of likely N-dealkylation sites (tertiary alicyclic amines) is 1. The van der Waals surface area contributed by atoms with Crippen molar-refractivity contribution in [2.24, 2.45) is 0 Å². The quantitative estimate of drug-likeness (QED) is 0.786. The number of aryl methyl sites for hydroxylation is 1. The van der Waals surface area contributed by atoms with Gasteiger partial charge in [0.1, 0.15) is 6.04 Å². The molecule has 0 aliphatic carbocycles. The van der Waals surface area contributed by atoms with E-state index in [1.54, 1.807) is 16.2 Å². The molecule has 3 rings (SSSR count). The van der Waals surface area contributed by atoms with Crippen molar-refractivity contribution in [3.05, 3.63) is 41.0 Å². The van der Waals surface area contributed by atoms with E-state index in [-0.39, 0.29) is 17.9 Å². The van der Waals surface area contributed by atoms with Gasteiger partial charge in [-0.05, 0) is 37.3 Å². The second kappa shape index (κ2) is 9.13. The van der Waals surface area contributed by atoms with Crippen LogP contribution < -0.4 is 5.32 Å². The Hall–Kier alpha value is -2.21. The van der Waals surface area contributed by atoms with Crippen LogP contribution in [0.5, 0.6) is 0 Å². The third kappa shape index (κ3) is 4.75. The van der Waals surface area contributed by atoms with Crippen LogP contribution in [0.4, 0.5) is 0 Å². The molecule has 27 heavy (non-hydrogen) atoms. The number of hydrogen-bond donors (Lipinski definition) is 1. The first-order valence-corrected chi connectivity index (χ1v) is 10.5. The highest BCUT2D eigenvalue weighted by Gasteiger charge is 2.33. The lowest BCUT2D eigenvalue weighted by Crippen LogP contribution is -2.45. The van der Waals surface area contributed by atoms with Gasteiger partial charge in [-0.1, -0.05) is 37.6 Å². The monoisotopic (exact) mass is 385 g/mol. The van der Waals surface area contributed by atoms with Crippen LogP contribution in [0.2, 0.25) is 0 Å². The highest BCUT2D eigenvalue weighted by atomic mass is 32.1. The molecule has 144 valence electrons. The molecule has 0 spiro atoms. The van der Waals surface area contributed by atoms with E-state index in [2.05, 4.69) is 29.4 Å². The third-order valence-electron chi connectivity index (χ3n) is 5.05. The summed E-state index contributed by atoms with van der Waals surface area (Å²) in [6.45, 7) is 5.26. The largest absolute Gasteiger partial charge is 0.350 e. The van der Waals surface area contributed by atoms with Crippen LogP contribution in [0.1, 0.15) is 50.3 Å². The van der Waals surface area contributed by atoms with Gasteiger partial charge in [0.05, 0.1) is 16.1 Å². The molecule has 0 saturated carbocycles. The molecule has 0 radical (unpaired) electrons. The number of nitrogens with one attached hydrogen (secondary N) is 1. The van der Waals surface area contributed by atoms with Crippen LogP contribution in [-0.4, -0.2) is 34.3 Å². The SMILES string of the molecule is CCCCC(=O)N1CCCC1C(=O)NCc1ccc(-c2scnc2C)cc1. The zero-order valence-corrected chi connectivity index (χ0v) is 16.8. The number of hydrogen-bond acceptors (Lipinski definition) is 4. The summed E-state index contributed by atoms with van der Waals surface area (Å²) in [4.78, 5) is 32.1. The van der Waals surface area contributed by atoms with Crippen molar-refractivity contribution in [2.75, 3.05) is 6.54 Å². The molecule has 0 bridgehead atoms. The Morgan fingerprint density at radius 1 is 1.30 bits per heavy atom. The standard InChI is InChI=1S/C21H27N3O2S/c1-3-4-7-19(25)24-12-5-6-18(24)21(26)22-13-16-8-10-17(11-9-16)20-15(2)23-14-27-20/h8-11,14,18H,3-7,12-13H2,1-2H3,(H,22,26). The number of amides is 2. The van der Waals surface area contributed by atoms with Crippen molar-refractivity contribution in [2.45, 2.75) is 58.5 Å². The van der Waals surface area contributed by atoms with Crippen molar-refractivity contribution >= 4 is 23.2 Å². The van der Waals surface area contributed by atoms with Crippen molar-refractivity contribution in [3.63, 3.8) is 0 Å². The molecular formula is C21H27N3O2S. The van der Waals surface area contributed by atoms with E-state index in [4.69, 9.17) is 0 Å². The molecular weight excluding hydrogens is 358 g/mol. The highest BCUT2D eigenvalue weighted by molar-refractivity contribution is 7.13. The van der Waals surface area contributed by atoms with Crippen LogP contribution in [0.15, 0.2) is 29.8 Å². The Morgan fingerprint density at radius 2 is 2.07 bits per heavy atom. The second-order valence-corrected chi connectivity index (χ2v) is 7.89. The van der Waals surface area contributed by atoms with Gasteiger partial charge >= 0.3 is 0 Å². The summed E-state index contributed by atoms with van der Waals surface area (Å²) in [6.07, 6.45) is 4.08. The summed E-state index contributed by atoms with van der Waals surface area (Å²) in [5.74, 6) is 0.0681. The van der Waals surface area contributed by atoms with Crippen LogP contribution in [-0.2, 0) is 16.1 Å². The zero-order chi connectivity index (χ0) is 19.2. The van der Waals surface area contributed by atoms with Gasteiger partial charge in [-0.3, -0.25) is 9.59 Å². The lowest BCUT2D eigenvalue weighted by atomic mass is 10.1. The first-order valence-electron chi connectivity index (χ1n) is 9.66. The van der Waals surface area contributed by atoms with Gasteiger partial charge in [-0.15, -0.1) is 11.3 Å². The van der Waals surface area contributed by atoms with Crippen molar-refractivity contribution in [1.82, 2.24) is 15.2 Å². The minimum Gasteiger partial charge on any atom is -0.350 e. The number of benzene rings is 1. The fourth-order valence-electron chi connectivity index (χ4n) is 3.47. The van der Waals surface area contributed by atoms with Gasteiger partial charge < -0.3 is 10.2 Å². The minimum absolute atomic E-state index is 0.0419. The minimum atomic E-state index is -0.312. The Balaban J connectivity index is 1.55. The average Bonchev–Trinajstić information content (AvgIpc) is 3.34. The predicted octanol–water partition coefficient (Wildman–Crippen LogP) is 3.92. The Bertz CT molecular complexity index is 785. The summed E-state index contributed by atoms with van der Waals surface area (Å²) in [5, 5.41) is 3.00. The Kier molecular flexibility index (Phi) is 6.61. The molecule has 2 aromatic rings. The predicted molar refractivity (Wildman–Crippen MR) is 108 cm³/mol. The van der Waals surface area contributed by atoms with Gasteiger partial charge in [-0.2, -0.15) is 0 Å². The molecule has 2 heterocycles. The number of unbranched alkanes of at least 4 members (excludes halogenated alkanes) is 1. The molecule has 1 aromatic heterocycles. The van der Waals surface area contributed by atoms with E-state index in [0.717, 1.165) is 42.5 Å². The fourth-order valence-corrected chi connectivity index (χ4v) is 4.28. The first-order chi connectivity index (χ1) is 13.1. The topological polar surface area (TPSA) is 62.3 Å². The molecule has 1 atom stereocenters. The molecule has 2 amide bonds. The van der Waals surface area contributed by atoms with Gasteiger partial charge in [-0.25, -0.2) is 4.98 Å². The summed E-state index contributed by atoms with van der Waals surface area (Å²) in [6, 6.07) is 7.89. The lowest BCUT2D eigenvalue weighted by molar-refractivity contribution is -0.138. The first kappa shape index (κ1) is 19.5. The number of rotatable bonds is 7. The number of carbonyl (C=O) groups is 2. The van der Waals surface area contributed by atoms with Crippen molar-refractivity contribution < 1.29 is 9.59 Å². The van der Waals surface area contributed by atoms with Crippen molar-refractivity contribution in [1.29, 1.82) is 0 Å². The summed E-state index contributed by atoms with van der Waals surface area (Å²) < 4.78 is 0. The Labute approximate surface area is 164 Å². The van der Waals surface area contributed by atoms with E-state index < -0.39 is 0 Å². The Morgan fingerprint density at radius 3 is 2.74 bits per heavy atom. The maximum absolute atomic E-state index is 12.6. The second-order valence-electron chi connectivity index (χ2n) is 7.03. The van der Waals surface area contributed by atoms with Crippen LogP contribution in [0, 0.1) is 6.92 Å². The average molecular weight is 386 g/mol. The van der Waals surface area contributed by atoms with E-state index >= 15 is 0 Å². The van der Waals surface area contributed by atoms with E-state index in [0.29, 0.717) is 19.5 Å². The zero-order valence-electron chi connectivity index (χ0n) is 16.0. The van der Waals surface area contributed by atoms with Gasteiger partial charge in [0.15, 0.2) is 0 Å². The molecule has 1 saturated heterocycles. The molecule has 1 unspecified atom stereocenters. The number of aromatic nitrogens is 1. The maximum Gasteiger partial charge on any atom is 0.243 e. The van der Waals surface area contributed by atoms with Crippen LogP contribution in [0.25, 0.3) is 10.4 Å². The van der Waals surface area contributed by atoms with Gasteiger partial charge in [0.25, 0.3) is 0 Å². The van der Waals surface area contributed by atoms with Crippen LogP contribution >= 0.6 is 11.3 Å². The molecule has 1 fully saturated rings. The summed E-state index contributed by atoms with van der Waals surface area (Å²) >= 11 is 1.63. The summed E-state index contributed by atoms with van der Waals surface area (Å²) in [7, 11) is 0. The molecule has 1 aliphatic heterocycles. The maximum atomic E-state index is 12.6.